The second-order valence-corrected chi connectivity index (χ2v) is 8.57. The first-order chi connectivity index (χ1) is 14.5. The molecule has 0 aliphatic rings. The van der Waals surface area contributed by atoms with Crippen LogP contribution in [-0.2, 0) is 32.0 Å². The largest absolute Gasteiger partial charge is 0.469 e. The van der Waals surface area contributed by atoms with Crippen LogP contribution in [0.2, 0.25) is 0 Å². The Kier molecular flexibility index (Phi) is 6.17. The first-order valence-electron chi connectivity index (χ1n) is 8.90. The van der Waals surface area contributed by atoms with Gasteiger partial charge >= 0.3 is 12.1 Å². The third-order valence-corrected chi connectivity index (χ3v) is 6.29. The van der Waals surface area contributed by atoms with Gasteiger partial charge < -0.3 is 4.74 Å². The van der Waals surface area contributed by atoms with Gasteiger partial charge in [0, 0.05) is 5.56 Å². The van der Waals surface area contributed by atoms with E-state index in [-0.39, 0.29) is 27.3 Å². The maximum atomic E-state index is 14.3. The average Bonchev–Trinajstić information content (AvgIpc) is 2.73. The molecule has 0 fully saturated rings. The highest BCUT2D eigenvalue weighted by Gasteiger charge is 2.31. The monoisotopic (exact) mass is 452 g/mol. The number of rotatable bonds is 5. The Morgan fingerprint density at radius 1 is 0.935 bits per heavy atom. The zero-order valence-corrected chi connectivity index (χ0v) is 16.9. The predicted molar refractivity (Wildman–Crippen MR) is 104 cm³/mol. The van der Waals surface area contributed by atoms with Crippen molar-refractivity contribution in [2.45, 2.75) is 22.4 Å². The second kappa shape index (κ2) is 8.50. The van der Waals surface area contributed by atoms with Gasteiger partial charge in [0.2, 0.25) is 9.84 Å². The van der Waals surface area contributed by atoms with Crippen molar-refractivity contribution in [1.29, 1.82) is 0 Å². The molecule has 9 heteroatoms. The Bertz CT molecular complexity index is 1230. The van der Waals surface area contributed by atoms with Gasteiger partial charge in [0.05, 0.1) is 28.9 Å². The van der Waals surface area contributed by atoms with Crippen molar-refractivity contribution in [3.05, 3.63) is 83.7 Å². The molecule has 31 heavy (non-hydrogen) atoms. The summed E-state index contributed by atoms with van der Waals surface area (Å²) in [6.45, 7) is 0. The zero-order valence-electron chi connectivity index (χ0n) is 16.1. The van der Waals surface area contributed by atoms with Crippen molar-refractivity contribution in [2.24, 2.45) is 0 Å². The number of benzene rings is 3. The standard InChI is InChI=1S/C22H16F4O4S/c1-30-21(27)11-14-4-2-6-17(10-14)31(28,29)18-7-3-5-15(12-18)19-9-8-16(13-20(19)23)22(24,25)26/h2-10,12-13H,11H2,1H3. The SMILES string of the molecule is COC(=O)Cc1cccc(S(=O)(=O)c2cccc(-c3ccc(C(F)(F)F)cc3F)c2)c1. The Morgan fingerprint density at radius 3 is 2.19 bits per heavy atom. The van der Waals surface area contributed by atoms with Crippen LogP contribution < -0.4 is 0 Å². The van der Waals surface area contributed by atoms with E-state index in [9.17, 15) is 30.8 Å². The first-order valence-corrected chi connectivity index (χ1v) is 10.4. The molecule has 3 aromatic rings. The summed E-state index contributed by atoms with van der Waals surface area (Å²) in [5.74, 6) is -1.65. The van der Waals surface area contributed by atoms with Gasteiger partial charge in [-0.25, -0.2) is 12.8 Å². The number of carbonyl (C=O) groups excluding carboxylic acids is 1. The first kappa shape index (κ1) is 22.5. The Hall–Kier alpha value is -3.20. The van der Waals surface area contributed by atoms with Crippen molar-refractivity contribution in [2.75, 3.05) is 7.11 Å². The Labute approximate surface area is 176 Å². The van der Waals surface area contributed by atoms with Crippen LogP contribution in [-0.4, -0.2) is 21.5 Å². The smallest absolute Gasteiger partial charge is 0.416 e. The fourth-order valence-corrected chi connectivity index (χ4v) is 4.33. The molecule has 0 heterocycles. The number of sulfone groups is 1. The lowest BCUT2D eigenvalue weighted by atomic mass is 10.0. The van der Waals surface area contributed by atoms with E-state index in [1.54, 1.807) is 6.07 Å². The highest BCUT2D eigenvalue weighted by molar-refractivity contribution is 7.91. The van der Waals surface area contributed by atoms with Gasteiger partial charge in [0.15, 0.2) is 0 Å². The quantitative estimate of drug-likeness (QED) is 0.401. The Morgan fingerprint density at radius 2 is 1.58 bits per heavy atom. The summed E-state index contributed by atoms with van der Waals surface area (Å²) >= 11 is 0. The molecule has 0 saturated heterocycles. The van der Waals surface area contributed by atoms with E-state index < -0.39 is 33.4 Å². The summed E-state index contributed by atoms with van der Waals surface area (Å²) in [4.78, 5) is 11.2. The molecule has 0 spiro atoms. The number of halogens is 4. The zero-order chi connectivity index (χ0) is 22.8. The van der Waals surface area contributed by atoms with Crippen LogP contribution in [0.4, 0.5) is 17.6 Å². The molecule has 0 aliphatic carbocycles. The van der Waals surface area contributed by atoms with E-state index in [2.05, 4.69) is 4.74 Å². The second-order valence-electron chi connectivity index (χ2n) is 6.62. The topological polar surface area (TPSA) is 60.4 Å². The Balaban J connectivity index is 2.00. The van der Waals surface area contributed by atoms with Crippen LogP contribution in [0.1, 0.15) is 11.1 Å². The average molecular weight is 452 g/mol. The van der Waals surface area contributed by atoms with Gasteiger partial charge in [0.1, 0.15) is 5.82 Å². The summed E-state index contributed by atoms with van der Waals surface area (Å²) in [5, 5.41) is 0. The lowest BCUT2D eigenvalue weighted by molar-refractivity contribution is -0.140. The van der Waals surface area contributed by atoms with Crippen LogP contribution in [0.5, 0.6) is 0 Å². The van der Waals surface area contributed by atoms with Crippen LogP contribution in [0.25, 0.3) is 11.1 Å². The molecule has 0 saturated carbocycles. The molecule has 0 atom stereocenters. The van der Waals surface area contributed by atoms with Gasteiger partial charge in [-0.2, -0.15) is 13.2 Å². The fourth-order valence-electron chi connectivity index (χ4n) is 2.95. The molecule has 162 valence electrons. The van der Waals surface area contributed by atoms with Crippen LogP contribution in [0.15, 0.2) is 76.5 Å². The molecule has 0 radical (unpaired) electrons. The summed E-state index contributed by atoms with van der Waals surface area (Å²) in [6, 6.07) is 13.1. The minimum absolute atomic E-state index is 0.0843. The number of hydrogen-bond donors (Lipinski definition) is 0. The van der Waals surface area contributed by atoms with Gasteiger partial charge in [0.25, 0.3) is 0 Å². The molecule has 3 aromatic carbocycles. The third kappa shape index (κ3) is 4.93. The van der Waals surface area contributed by atoms with Crippen molar-refractivity contribution < 1.29 is 35.5 Å². The van der Waals surface area contributed by atoms with Gasteiger partial charge in [-0.15, -0.1) is 0 Å². The van der Waals surface area contributed by atoms with Crippen LogP contribution in [0.3, 0.4) is 0 Å². The number of methoxy groups -OCH3 is 1. The molecule has 0 bridgehead atoms. The summed E-state index contributed by atoms with van der Waals surface area (Å²) in [5.41, 5.74) is -0.764. The number of esters is 1. The molecule has 0 unspecified atom stereocenters. The molecule has 0 amide bonds. The minimum atomic E-state index is -4.69. The van der Waals surface area contributed by atoms with Gasteiger partial charge in [-0.3, -0.25) is 4.79 Å². The molecule has 0 N–H and O–H groups in total. The lowest BCUT2D eigenvalue weighted by Crippen LogP contribution is -2.07. The molecule has 0 aromatic heterocycles. The van der Waals surface area contributed by atoms with E-state index in [0.29, 0.717) is 11.6 Å². The van der Waals surface area contributed by atoms with Gasteiger partial charge in [-0.05, 0) is 47.5 Å². The highest BCUT2D eigenvalue weighted by Crippen LogP contribution is 2.34. The lowest BCUT2D eigenvalue weighted by Gasteiger charge is -2.11. The minimum Gasteiger partial charge on any atom is -0.469 e. The molecule has 0 aliphatic heterocycles. The van der Waals surface area contributed by atoms with E-state index in [4.69, 9.17) is 0 Å². The molecular formula is C22H16F4O4S. The fraction of sp³-hybridized carbons (Fsp3) is 0.136. The van der Waals surface area contributed by atoms with Gasteiger partial charge in [-0.1, -0.05) is 30.3 Å². The maximum absolute atomic E-state index is 14.3. The highest BCUT2D eigenvalue weighted by atomic mass is 32.2. The van der Waals surface area contributed by atoms with Crippen LogP contribution >= 0.6 is 0 Å². The summed E-state index contributed by atoms with van der Waals surface area (Å²) < 4.78 is 83.3. The third-order valence-electron chi connectivity index (χ3n) is 4.54. The number of ether oxygens (including phenoxy) is 1. The van der Waals surface area contributed by atoms with Crippen molar-refractivity contribution in [3.63, 3.8) is 0 Å². The number of hydrogen-bond acceptors (Lipinski definition) is 4. The van der Waals surface area contributed by atoms with Crippen molar-refractivity contribution >= 4 is 15.8 Å². The number of carbonyl (C=O) groups is 1. The van der Waals surface area contributed by atoms with E-state index >= 15 is 0 Å². The summed E-state index contributed by atoms with van der Waals surface area (Å²) in [6.07, 6.45) is -4.81. The summed E-state index contributed by atoms with van der Waals surface area (Å²) in [7, 11) is -2.82. The molecule has 4 nitrogen and oxygen atoms in total. The number of alkyl halides is 3. The predicted octanol–water partition coefficient (Wildman–Crippen LogP) is 5.06. The van der Waals surface area contributed by atoms with Crippen LogP contribution in [0, 0.1) is 5.82 Å². The van der Waals surface area contributed by atoms with E-state index in [0.717, 1.165) is 12.1 Å². The van der Waals surface area contributed by atoms with E-state index in [1.807, 2.05) is 0 Å². The normalized spacial score (nSPS) is 11.9. The van der Waals surface area contributed by atoms with Crippen molar-refractivity contribution in [3.8, 4) is 11.1 Å². The molecule has 3 rings (SSSR count). The molecular weight excluding hydrogens is 436 g/mol. The van der Waals surface area contributed by atoms with E-state index in [1.165, 1.54) is 49.6 Å². The van der Waals surface area contributed by atoms with Crippen molar-refractivity contribution in [1.82, 2.24) is 0 Å². The maximum Gasteiger partial charge on any atom is 0.416 e.